The smallest absolute Gasteiger partial charge is 0.408 e. The summed E-state index contributed by atoms with van der Waals surface area (Å²) >= 11 is 2.10. The number of primary amides is 1. The van der Waals surface area contributed by atoms with Crippen molar-refractivity contribution in [1.82, 2.24) is 14.5 Å². The number of nitrogens with two attached hydrogens (primary N) is 1. The molecular weight excluding hydrogens is 511 g/mol. The topological polar surface area (TPSA) is 119 Å². The summed E-state index contributed by atoms with van der Waals surface area (Å²) in [5.41, 5.74) is 5.43. The van der Waals surface area contributed by atoms with Gasteiger partial charge in [-0.2, -0.15) is 0 Å². The minimum Gasteiger partial charge on any atom is -0.465 e. The van der Waals surface area contributed by atoms with Crippen molar-refractivity contribution in [3.63, 3.8) is 0 Å². The number of carboxylic acid groups (broad SMARTS) is 1. The fraction of sp³-hybridized carbons (Fsp3) is 0.273. The van der Waals surface area contributed by atoms with E-state index in [1.165, 1.54) is 15.5 Å². The molecule has 8 nitrogen and oxygen atoms in total. The Hall–Kier alpha value is -2.95. The van der Waals surface area contributed by atoms with Crippen LogP contribution in [0.5, 0.6) is 0 Å². The van der Waals surface area contributed by atoms with Crippen molar-refractivity contribution in [3.05, 3.63) is 67.8 Å². The zero-order chi connectivity index (χ0) is 23.1. The van der Waals surface area contributed by atoms with E-state index in [-0.39, 0.29) is 16.9 Å². The lowest BCUT2D eigenvalue weighted by Crippen LogP contribution is -2.47. The molecule has 162 valence electrons. The van der Waals surface area contributed by atoms with Gasteiger partial charge in [-0.05, 0) is 80.6 Å². The normalized spacial score (nSPS) is 12.5. The molecule has 0 aliphatic rings. The van der Waals surface area contributed by atoms with Crippen molar-refractivity contribution >= 4 is 45.5 Å². The van der Waals surface area contributed by atoms with Crippen LogP contribution < -0.4 is 11.3 Å². The molecule has 1 atom stereocenters. The first-order valence-electron chi connectivity index (χ1n) is 9.57. The molecule has 3 N–H and O–H groups in total. The molecule has 0 bridgehead atoms. The van der Waals surface area contributed by atoms with Crippen LogP contribution in [0.2, 0.25) is 0 Å². The highest BCUT2D eigenvalue weighted by Gasteiger charge is 2.34. The van der Waals surface area contributed by atoms with E-state index in [1.54, 1.807) is 58.0 Å². The van der Waals surface area contributed by atoms with Gasteiger partial charge in [0.2, 0.25) is 5.91 Å². The van der Waals surface area contributed by atoms with E-state index >= 15 is 0 Å². The second-order valence-corrected chi connectivity index (χ2v) is 9.32. The predicted molar refractivity (Wildman–Crippen MR) is 127 cm³/mol. The van der Waals surface area contributed by atoms with Gasteiger partial charge in [0, 0.05) is 14.7 Å². The van der Waals surface area contributed by atoms with Crippen LogP contribution in [0.15, 0.2) is 47.3 Å². The van der Waals surface area contributed by atoms with Crippen LogP contribution in [0.3, 0.4) is 0 Å². The van der Waals surface area contributed by atoms with Gasteiger partial charge in [0.1, 0.15) is 5.82 Å². The van der Waals surface area contributed by atoms with Crippen molar-refractivity contribution < 1.29 is 14.7 Å². The summed E-state index contributed by atoms with van der Waals surface area (Å²) in [6.07, 6.45) is -1.13. The number of benzene rings is 2. The quantitative estimate of drug-likeness (QED) is 0.492. The van der Waals surface area contributed by atoms with Gasteiger partial charge in [-0.15, -0.1) is 0 Å². The molecule has 1 unspecified atom stereocenters. The molecule has 1 heterocycles. The van der Waals surface area contributed by atoms with Crippen LogP contribution in [0.4, 0.5) is 4.79 Å². The summed E-state index contributed by atoms with van der Waals surface area (Å²) in [6.45, 7) is 7.02. The summed E-state index contributed by atoms with van der Waals surface area (Å²) in [7, 11) is 0. The Morgan fingerprint density at radius 1 is 1.19 bits per heavy atom. The van der Waals surface area contributed by atoms with Crippen LogP contribution >= 0.6 is 22.6 Å². The lowest BCUT2D eigenvalue weighted by Gasteiger charge is -2.38. The number of carbonyl (C=O) groups excluding carboxylic acids is 1. The SMILES string of the molecule is CC(c1nc2c(I)cccc2c(=O)n1-c1cccc(C(N)=O)c1)N(C(=O)O)C(C)(C)C. The minimum atomic E-state index is -1.13. The van der Waals surface area contributed by atoms with Crippen LogP contribution in [-0.2, 0) is 0 Å². The van der Waals surface area contributed by atoms with Gasteiger partial charge in [0.15, 0.2) is 0 Å². The fourth-order valence-corrected chi connectivity index (χ4v) is 4.29. The van der Waals surface area contributed by atoms with Gasteiger partial charge in [-0.25, -0.2) is 9.78 Å². The number of rotatable bonds is 4. The van der Waals surface area contributed by atoms with E-state index in [0.717, 1.165) is 3.57 Å². The first kappa shape index (κ1) is 22.7. The Labute approximate surface area is 192 Å². The van der Waals surface area contributed by atoms with Crippen molar-refractivity contribution in [3.8, 4) is 5.69 Å². The van der Waals surface area contributed by atoms with Gasteiger partial charge in [0.25, 0.3) is 5.56 Å². The molecule has 2 aromatic carbocycles. The van der Waals surface area contributed by atoms with E-state index in [1.807, 2.05) is 6.07 Å². The highest BCUT2D eigenvalue weighted by atomic mass is 127. The van der Waals surface area contributed by atoms with E-state index in [0.29, 0.717) is 16.6 Å². The highest BCUT2D eigenvalue weighted by molar-refractivity contribution is 14.1. The summed E-state index contributed by atoms with van der Waals surface area (Å²) in [5, 5.41) is 10.3. The van der Waals surface area contributed by atoms with Gasteiger partial charge < -0.3 is 10.8 Å². The third kappa shape index (κ3) is 4.27. The Bertz CT molecular complexity index is 1250. The minimum absolute atomic E-state index is 0.233. The molecular formula is C22H23IN4O4. The third-order valence-electron chi connectivity index (χ3n) is 4.95. The maximum absolute atomic E-state index is 13.6. The van der Waals surface area contributed by atoms with E-state index < -0.39 is 23.6 Å². The Balaban J connectivity index is 2.42. The average molecular weight is 534 g/mol. The highest BCUT2D eigenvalue weighted by Crippen LogP contribution is 2.29. The molecule has 2 amide bonds. The lowest BCUT2D eigenvalue weighted by atomic mass is 10.0. The number of fused-ring (bicyclic) bond motifs is 1. The van der Waals surface area contributed by atoms with Crippen molar-refractivity contribution in [2.24, 2.45) is 5.73 Å². The summed E-state index contributed by atoms with van der Waals surface area (Å²) in [4.78, 5) is 43.4. The monoisotopic (exact) mass is 534 g/mol. The number of aromatic nitrogens is 2. The lowest BCUT2D eigenvalue weighted by molar-refractivity contribution is 0.0719. The molecule has 0 spiro atoms. The molecule has 0 fully saturated rings. The zero-order valence-electron chi connectivity index (χ0n) is 17.6. The number of amides is 2. The number of hydrogen-bond acceptors (Lipinski definition) is 4. The maximum Gasteiger partial charge on any atom is 0.408 e. The molecule has 0 radical (unpaired) electrons. The molecule has 0 aliphatic carbocycles. The second-order valence-electron chi connectivity index (χ2n) is 8.16. The van der Waals surface area contributed by atoms with E-state index in [9.17, 15) is 19.5 Å². The van der Waals surface area contributed by atoms with Gasteiger partial charge in [-0.3, -0.25) is 19.1 Å². The molecule has 1 aromatic heterocycles. The Morgan fingerprint density at radius 2 is 1.84 bits per heavy atom. The van der Waals surface area contributed by atoms with Crippen molar-refractivity contribution in [1.29, 1.82) is 0 Å². The third-order valence-corrected chi connectivity index (χ3v) is 5.82. The van der Waals surface area contributed by atoms with Crippen molar-refractivity contribution in [2.75, 3.05) is 0 Å². The fourth-order valence-electron chi connectivity index (χ4n) is 3.67. The van der Waals surface area contributed by atoms with Gasteiger partial charge in [-0.1, -0.05) is 12.1 Å². The summed E-state index contributed by atoms with van der Waals surface area (Å²) in [6, 6.07) is 10.8. The summed E-state index contributed by atoms with van der Waals surface area (Å²) in [5.74, 6) is -0.379. The number of nitrogens with zero attached hydrogens (tertiary/aromatic N) is 3. The van der Waals surface area contributed by atoms with Gasteiger partial charge >= 0.3 is 6.09 Å². The maximum atomic E-state index is 13.6. The number of halogens is 1. The average Bonchev–Trinajstić information content (AvgIpc) is 2.67. The molecule has 31 heavy (non-hydrogen) atoms. The van der Waals surface area contributed by atoms with Crippen molar-refractivity contribution in [2.45, 2.75) is 39.3 Å². The molecule has 0 saturated carbocycles. The van der Waals surface area contributed by atoms with Crippen LogP contribution in [0.25, 0.3) is 16.6 Å². The molecule has 0 aliphatic heterocycles. The zero-order valence-corrected chi connectivity index (χ0v) is 19.7. The van der Waals surface area contributed by atoms with Gasteiger partial charge in [0.05, 0.1) is 22.6 Å². The molecule has 3 aromatic rings. The summed E-state index contributed by atoms with van der Waals surface area (Å²) < 4.78 is 2.13. The Kier molecular flexibility index (Phi) is 6.08. The number of para-hydroxylation sites is 1. The van der Waals surface area contributed by atoms with Crippen LogP contribution in [-0.4, -0.2) is 37.1 Å². The number of hydrogen-bond donors (Lipinski definition) is 2. The molecule has 0 saturated heterocycles. The molecule has 9 heteroatoms. The first-order chi connectivity index (χ1) is 14.4. The van der Waals surface area contributed by atoms with E-state index in [2.05, 4.69) is 22.6 Å². The predicted octanol–water partition coefficient (Wildman–Crippen LogP) is 3.93. The molecule has 3 rings (SSSR count). The van der Waals surface area contributed by atoms with E-state index in [4.69, 9.17) is 10.7 Å². The van der Waals surface area contributed by atoms with Crippen LogP contribution in [0, 0.1) is 3.57 Å². The largest absolute Gasteiger partial charge is 0.465 e. The van der Waals surface area contributed by atoms with Crippen LogP contribution in [0.1, 0.15) is 49.9 Å². The Morgan fingerprint density at radius 3 is 2.42 bits per heavy atom. The second kappa shape index (κ2) is 8.29. The number of carbonyl (C=O) groups is 2. The standard InChI is InChI=1S/C22H23IN4O4/c1-12(27(21(30)31)22(2,3)4)19-25-17-15(9-6-10-16(17)23)20(29)26(19)14-8-5-7-13(11-14)18(24)28/h5-12H,1-4H3,(H2,24,28)(H,30,31). The first-order valence-corrected chi connectivity index (χ1v) is 10.6.